The first kappa shape index (κ1) is 9.00. The molecule has 0 radical (unpaired) electrons. The number of rotatable bonds is 3. The molecule has 1 rings (SSSR count). The van der Waals surface area contributed by atoms with Crippen molar-refractivity contribution < 1.29 is 9.50 Å². The van der Waals surface area contributed by atoms with Gasteiger partial charge in [-0.15, -0.1) is 0 Å². The quantitative estimate of drug-likeness (QED) is 0.724. The molecular formula is C9H12FNO. The topological polar surface area (TPSA) is 46.2 Å². The number of hydrogen-bond donors (Lipinski definition) is 2. The van der Waals surface area contributed by atoms with E-state index in [1.165, 1.54) is 0 Å². The van der Waals surface area contributed by atoms with Crippen LogP contribution in [0.2, 0.25) is 0 Å². The van der Waals surface area contributed by atoms with Crippen LogP contribution in [0.4, 0.5) is 4.39 Å². The number of phenolic OH excluding ortho intramolecular Hbond substituents is 1. The third-order valence-corrected chi connectivity index (χ3v) is 1.72. The van der Waals surface area contributed by atoms with Crippen molar-refractivity contribution in [3.63, 3.8) is 0 Å². The third kappa shape index (κ3) is 2.20. The smallest absolute Gasteiger partial charge is 0.115 e. The highest BCUT2D eigenvalue weighted by Gasteiger charge is 2.05. The van der Waals surface area contributed by atoms with Gasteiger partial charge in [0.05, 0.1) is 6.67 Å². The van der Waals surface area contributed by atoms with Crippen LogP contribution in [0.1, 0.15) is 18.0 Å². The molecule has 0 aromatic heterocycles. The summed E-state index contributed by atoms with van der Waals surface area (Å²) in [6.45, 7) is -0.434. The zero-order valence-corrected chi connectivity index (χ0v) is 6.70. The number of halogens is 1. The standard InChI is InChI=1S/C9H12FNO/c10-5-4-9(11)7-2-1-3-8(12)6-7/h1-3,6,9,12H,4-5,11H2/t9-/m0/s1. The molecule has 0 spiro atoms. The van der Waals surface area contributed by atoms with E-state index in [9.17, 15) is 4.39 Å². The Balaban J connectivity index is 2.73. The van der Waals surface area contributed by atoms with Gasteiger partial charge in [0.2, 0.25) is 0 Å². The summed E-state index contributed by atoms with van der Waals surface area (Å²) in [5.41, 5.74) is 6.39. The summed E-state index contributed by atoms with van der Waals surface area (Å²) in [6, 6.07) is 6.27. The first-order valence-electron chi connectivity index (χ1n) is 3.84. The van der Waals surface area contributed by atoms with Crippen molar-refractivity contribution in [2.75, 3.05) is 6.67 Å². The summed E-state index contributed by atoms with van der Waals surface area (Å²) in [7, 11) is 0. The first-order valence-corrected chi connectivity index (χ1v) is 3.84. The molecule has 2 nitrogen and oxygen atoms in total. The van der Waals surface area contributed by atoms with Gasteiger partial charge in [-0.05, 0) is 24.1 Å². The SMILES string of the molecule is N[C@@H](CCF)c1cccc(O)c1. The van der Waals surface area contributed by atoms with Crippen LogP contribution in [-0.2, 0) is 0 Å². The average molecular weight is 169 g/mol. The van der Waals surface area contributed by atoms with E-state index in [0.717, 1.165) is 5.56 Å². The molecule has 3 heteroatoms. The van der Waals surface area contributed by atoms with Gasteiger partial charge in [0.1, 0.15) is 5.75 Å². The Labute approximate surface area is 70.8 Å². The molecule has 1 aromatic rings. The number of aromatic hydroxyl groups is 1. The van der Waals surface area contributed by atoms with E-state index in [1.807, 2.05) is 0 Å². The van der Waals surface area contributed by atoms with Gasteiger partial charge in [-0.1, -0.05) is 12.1 Å². The number of benzene rings is 1. The minimum atomic E-state index is -0.434. The molecule has 12 heavy (non-hydrogen) atoms. The predicted octanol–water partition coefficient (Wildman–Crippen LogP) is 1.75. The van der Waals surface area contributed by atoms with Gasteiger partial charge in [0.25, 0.3) is 0 Å². The molecule has 0 aliphatic heterocycles. The van der Waals surface area contributed by atoms with E-state index >= 15 is 0 Å². The minimum Gasteiger partial charge on any atom is -0.508 e. The van der Waals surface area contributed by atoms with Gasteiger partial charge in [0.15, 0.2) is 0 Å². The van der Waals surface area contributed by atoms with Gasteiger partial charge in [-0.2, -0.15) is 0 Å². The van der Waals surface area contributed by atoms with Crippen LogP contribution in [0.15, 0.2) is 24.3 Å². The minimum absolute atomic E-state index is 0.168. The second-order valence-electron chi connectivity index (χ2n) is 2.68. The highest BCUT2D eigenvalue weighted by Crippen LogP contribution is 2.18. The molecule has 0 unspecified atom stereocenters. The monoisotopic (exact) mass is 169 g/mol. The summed E-state index contributed by atoms with van der Waals surface area (Å²) in [5, 5.41) is 9.08. The molecular weight excluding hydrogens is 157 g/mol. The Morgan fingerprint density at radius 1 is 1.50 bits per heavy atom. The predicted molar refractivity (Wildman–Crippen MR) is 45.6 cm³/mol. The van der Waals surface area contributed by atoms with Crippen LogP contribution in [0.5, 0.6) is 5.75 Å². The molecule has 0 saturated carbocycles. The average Bonchev–Trinajstić information content (AvgIpc) is 2.05. The van der Waals surface area contributed by atoms with Crippen LogP contribution in [0.25, 0.3) is 0 Å². The molecule has 0 heterocycles. The largest absolute Gasteiger partial charge is 0.508 e. The lowest BCUT2D eigenvalue weighted by atomic mass is 10.1. The van der Waals surface area contributed by atoms with Crippen molar-refractivity contribution in [1.82, 2.24) is 0 Å². The lowest BCUT2D eigenvalue weighted by Crippen LogP contribution is -2.10. The van der Waals surface area contributed by atoms with Crippen molar-refractivity contribution in [2.45, 2.75) is 12.5 Å². The molecule has 66 valence electrons. The van der Waals surface area contributed by atoms with Crippen molar-refractivity contribution >= 4 is 0 Å². The molecule has 1 atom stereocenters. The third-order valence-electron chi connectivity index (χ3n) is 1.72. The zero-order chi connectivity index (χ0) is 8.97. The van der Waals surface area contributed by atoms with Crippen LogP contribution in [0, 0.1) is 0 Å². The fourth-order valence-electron chi connectivity index (χ4n) is 1.04. The number of alkyl halides is 1. The van der Waals surface area contributed by atoms with Crippen molar-refractivity contribution in [2.24, 2.45) is 5.73 Å². The maximum atomic E-state index is 11.9. The van der Waals surface area contributed by atoms with Gasteiger partial charge < -0.3 is 10.8 Å². The van der Waals surface area contributed by atoms with Crippen LogP contribution in [0.3, 0.4) is 0 Å². The Bertz CT molecular complexity index is 252. The Kier molecular flexibility index (Phi) is 3.05. The highest BCUT2D eigenvalue weighted by atomic mass is 19.1. The van der Waals surface area contributed by atoms with E-state index in [2.05, 4.69) is 0 Å². The summed E-state index contributed by atoms with van der Waals surface area (Å²) in [6.07, 6.45) is 0.295. The van der Waals surface area contributed by atoms with E-state index in [1.54, 1.807) is 24.3 Å². The fraction of sp³-hybridized carbons (Fsp3) is 0.333. The summed E-state index contributed by atoms with van der Waals surface area (Å²) in [4.78, 5) is 0. The normalized spacial score (nSPS) is 12.8. The Morgan fingerprint density at radius 2 is 2.25 bits per heavy atom. The molecule has 0 bridgehead atoms. The Hall–Kier alpha value is -1.09. The molecule has 3 N–H and O–H groups in total. The second kappa shape index (κ2) is 4.07. The first-order chi connectivity index (χ1) is 5.74. The van der Waals surface area contributed by atoms with Crippen LogP contribution in [-0.4, -0.2) is 11.8 Å². The maximum absolute atomic E-state index is 11.9. The second-order valence-corrected chi connectivity index (χ2v) is 2.68. The molecule has 0 saturated heterocycles. The summed E-state index contributed by atoms with van der Waals surface area (Å²) >= 11 is 0. The maximum Gasteiger partial charge on any atom is 0.115 e. The molecule has 1 aromatic carbocycles. The van der Waals surface area contributed by atoms with Crippen LogP contribution >= 0.6 is 0 Å². The van der Waals surface area contributed by atoms with Crippen LogP contribution < -0.4 is 5.73 Å². The lowest BCUT2D eigenvalue weighted by Gasteiger charge is -2.09. The molecule has 0 amide bonds. The number of hydrogen-bond acceptors (Lipinski definition) is 2. The van der Waals surface area contributed by atoms with Crippen molar-refractivity contribution in [3.8, 4) is 5.75 Å². The molecule has 0 aliphatic rings. The number of phenols is 1. The van der Waals surface area contributed by atoms with Gasteiger partial charge >= 0.3 is 0 Å². The highest BCUT2D eigenvalue weighted by molar-refractivity contribution is 5.29. The van der Waals surface area contributed by atoms with Gasteiger partial charge in [0, 0.05) is 6.04 Å². The van der Waals surface area contributed by atoms with E-state index < -0.39 is 6.67 Å². The summed E-state index contributed by atoms with van der Waals surface area (Å²) < 4.78 is 11.9. The van der Waals surface area contributed by atoms with E-state index in [-0.39, 0.29) is 11.8 Å². The van der Waals surface area contributed by atoms with Crippen molar-refractivity contribution in [1.29, 1.82) is 0 Å². The molecule has 0 aliphatic carbocycles. The van der Waals surface area contributed by atoms with Crippen molar-refractivity contribution in [3.05, 3.63) is 29.8 Å². The van der Waals surface area contributed by atoms with Gasteiger partial charge in [-0.25, -0.2) is 0 Å². The van der Waals surface area contributed by atoms with E-state index in [4.69, 9.17) is 10.8 Å². The Morgan fingerprint density at radius 3 is 2.83 bits per heavy atom. The molecule has 0 fully saturated rings. The van der Waals surface area contributed by atoms with E-state index in [0.29, 0.717) is 6.42 Å². The zero-order valence-electron chi connectivity index (χ0n) is 6.70. The van der Waals surface area contributed by atoms with Gasteiger partial charge in [-0.3, -0.25) is 4.39 Å². The lowest BCUT2D eigenvalue weighted by molar-refractivity contribution is 0.439. The summed E-state index contributed by atoms with van der Waals surface area (Å²) in [5.74, 6) is 0.168. The number of nitrogens with two attached hydrogens (primary N) is 1. The fourth-order valence-corrected chi connectivity index (χ4v) is 1.04.